The van der Waals surface area contributed by atoms with Gasteiger partial charge in [-0.3, -0.25) is 9.59 Å². The van der Waals surface area contributed by atoms with Crippen molar-refractivity contribution in [2.75, 3.05) is 5.75 Å². The molecule has 0 saturated carbocycles. The molecule has 3 aromatic rings. The quantitative estimate of drug-likeness (QED) is 0.337. The molecule has 7 heteroatoms. The van der Waals surface area contributed by atoms with Crippen LogP contribution in [0.4, 0.5) is 8.78 Å². The summed E-state index contributed by atoms with van der Waals surface area (Å²) in [6.07, 6.45) is 1.13. The van der Waals surface area contributed by atoms with Gasteiger partial charge in [-0.05, 0) is 54.3 Å². The van der Waals surface area contributed by atoms with Crippen LogP contribution in [-0.4, -0.2) is 34.6 Å². The molecule has 2 atom stereocenters. The smallest absolute Gasteiger partial charge is 0.243 e. The van der Waals surface area contributed by atoms with Crippen LogP contribution in [0.5, 0.6) is 0 Å². The van der Waals surface area contributed by atoms with Crippen molar-refractivity contribution in [1.29, 1.82) is 0 Å². The number of amides is 2. The SMILES string of the molecule is CCC(C)NC(=O)C(Cc1ccccc1)N(Cc1ccc(F)cc1)C(=O)CSCc1ccc(F)cc1. The van der Waals surface area contributed by atoms with E-state index in [1.807, 2.05) is 44.2 Å². The van der Waals surface area contributed by atoms with Crippen molar-refractivity contribution < 1.29 is 18.4 Å². The Hall–Kier alpha value is -3.19. The lowest BCUT2D eigenvalue weighted by atomic mass is 10.0. The van der Waals surface area contributed by atoms with Gasteiger partial charge in [-0.25, -0.2) is 8.78 Å². The Labute approximate surface area is 216 Å². The van der Waals surface area contributed by atoms with Gasteiger partial charge in [0.2, 0.25) is 11.8 Å². The lowest BCUT2D eigenvalue weighted by Gasteiger charge is -2.32. The molecular weight excluding hydrogens is 478 g/mol. The fourth-order valence-electron chi connectivity index (χ4n) is 3.70. The van der Waals surface area contributed by atoms with E-state index < -0.39 is 6.04 Å². The van der Waals surface area contributed by atoms with E-state index >= 15 is 0 Å². The summed E-state index contributed by atoms with van der Waals surface area (Å²) in [5.74, 6) is -0.374. The molecule has 3 aromatic carbocycles. The van der Waals surface area contributed by atoms with E-state index in [-0.39, 0.29) is 41.8 Å². The van der Waals surface area contributed by atoms with E-state index in [4.69, 9.17) is 0 Å². The lowest BCUT2D eigenvalue weighted by Crippen LogP contribution is -2.52. The van der Waals surface area contributed by atoms with Crippen molar-refractivity contribution in [3.05, 3.63) is 107 Å². The molecule has 0 fully saturated rings. The molecule has 0 radical (unpaired) electrons. The van der Waals surface area contributed by atoms with Crippen molar-refractivity contribution in [3.63, 3.8) is 0 Å². The van der Waals surface area contributed by atoms with Crippen LogP contribution < -0.4 is 5.32 Å². The number of nitrogens with zero attached hydrogens (tertiary/aromatic N) is 1. The third-order valence-electron chi connectivity index (χ3n) is 5.95. The normalized spacial score (nSPS) is 12.6. The molecule has 2 amide bonds. The second kappa shape index (κ2) is 13.8. The predicted octanol–water partition coefficient (Wildman–Crippen LogP) is 5.75. The molecule has 0 saturated heterocycles. The maximum atomic E-state index is 13.5. The summed E-state index contributed by atoms with van der Waals surface area (Å²) in [6, 6.07) is 21.0. The first-order valence-corrected chi connectivity index (χ1v) is 13.2. The standard InChI is InChI=1S/C29H32F2N2O2S/c1-3-21(2)32-29(35)27(17-22-7-5-4-6-8-22)33(18-23-9-13-25(30)14-10-23)28(34)20-36-19-24-11-15-26(31)16-12-24/h4-16,21,27H,3,17-20H2,1-2H3,(H,32,35). The molecule has 0 aliphatic heterocycles. The first-order valence-electron chi connectivity index (χ1n) is 12.1. The topological polar surface area (TPSA) is 49.4 Å². The highest BCUT2D eigenvalue weighted by atomic mass is 32.2. The zero-order chi connectivity index (χ0) is 25.9. The number of thioether (sulfide) groups is 1. The minimum Gasteiger partial charge on any atom is -0.352 e. The molecule has 4 nitrogen and oxygen atoms in total. The van der Waals surface area contributed by atoms with Gasteiger partial charge in [-0.2, -0.15) is 0 Å². The summed E-state index contributed by atoms with van der Waals surface area (Å²) in [5.41, 5.74) is 2.59. The van der Waals surface area contributed by atoms with E-state index in [2.05, 4.69) is 5.32 Å². The fraction of sp³-hybridized carbons (Fsp3) is 0.310. The molecule has 190 valence electrons. The molecule has 0 spiro atoms. The van der Waals surface area contributed by atoms with Gasteiger partial charge in [-0.15, -0.1) is 11.8 Å². The molecule has 2 unspecified atom stereocenters. The summed E-state index contributed by atoms with van der Waals surface area (Å²) in [4.78, 5) is 28.6. The Balaban J connectivity index is 1.84. The summed E-state index contributed by atoms with van der Waals surface area (Å²) in [5, 5.41) is 3.03. The van der Waals surface area contributed by atoms with Crippen molar-refractivity contribution in [1.82, 2.24) is 10.2 Å². The minimum absolute atomic E-state index is 0.0357. The van der Waals surface area contributed by atoms with Gasteiger partial charge in [-0.1, -0.05) is 61.5 Å². The molecule has 0 bridgehead atoms. The number of carbonyl (C=O) groups is 2. The van der Waals surface area contributed by atoms with Crippen molar-refractivity contribution >= 4 is 23.6 Å². The highest BCUT2D eigenvalue weighted by Gasteiger charge is 2.30. The van der Waals surface area contributed by atoms with Crippen LogP contribution in [0.2, 0.25) is 0 Å². The molecule has 0 heterocycles. The van der Waals surface area contributed by atoms with Gasteiger partial charge in [0.25, 0.3) is 0 Å². The highest BCUT2D eigenvalue weighted by Crippen LogP contribution is 2.19. The number of carbonyl (C=O) groups excluding carboxylic acids is 2. The molecular formula is C29H32F2N2O2S. The van der Waals surface area contributed by atoms with E-state index in [9.17, 15) is 18.4 Å². The largest absolute Gasteiger partial charge is 0.352 e. The summed E-state index contributed by atoms with van der Waals surface area (Å²) >= 11 is 1.41. The Bertz CT molecular complexity index is 1110. The number of nitrogens with one attached hydrogen (secondary N) is 1. The van der Waals surface area contributed by atoms with Crippen LogP contribution in [0.1, 0.15) is 37.0 Å². The summed E-state index contributed by atoms with van der Waals surface area (Å²) in [7, 11) is 0. The van der Waals surface area contributed by atoms with Crippen LogP contribution in [-0.2, 0) is 28.3 Å². The number of benzene rings is 3. The van der Waals surface area contributed by atoms with Crippen LogP contribution in [0.3, 0.4) is 0 Å². The van der Waals surface area contributed by atoms with E-state index in [1.54, 1.807) is 29.2 Å². The molecule has 1 N–H and O–H groups in total. The van der Waals surface area contributed by atoms with Gasteiger partial charge >= 0.3 is 0 Å². The zero-order valence-corrected chi connectivity index (χ0v) is 21.4. The maximum absolute atomic E-state index is 13.5. The number of rotatable bonds is 12. The zero-order valence-electron chi connectivity index (χ0n) is 20.6. The Kier molecular flexibility index (Phi) is 10.5. The Morgan fingerprint density at radius 1 is 0.861 bits per heavy atom. The summed E-state index contributed by atoms with van der Waals surface area (Å²) in [6.45, 7) is 4.11. The van der Waals surface area contributed by atoms with Gasteiger partial charge in [0.15, 0.2) is 0 Å². The van der Waals surface area contributed by atoms with Crippen molar-refractivity contribution in [2.24, 2.45) is 0 Å². The predicted molar refractivity (Wildman–Crippen MR) is 141 cm³/mol. The average molecular weight is 511 g/mol. The lowest BCUT2D eigenvalue weighted by molar-refractivity contribution is -0.139. The van der Waals surface area contributed by atoms with E-state index in [0.717, 1.165) is 23.1 Å². The van der Waals surface area contributed by atoms with Crippen molar-refractivity contribution in [2.45, 2.75) is 51.1 Å². The van der Waals surface area contributed by atoms with Crippen LogP contribution in [0.25, 0.3) is 0 Å². The Morgan fingerprint density at radius 3 is 2.03 bits per heavy atom. The monoisotopic (exact) mass is 510 g/mol. The average Bonchev–Trinajstić information content (AvgIpc) is 2.88. The minimum atomic E-state index is -0.731. The number of hydrogen-bond acceptors (Lipinski definition) is 3. The van der Waals surface area contributed by atoms with Gasteiger partial charge < -0.3 is 10.2 Å². The second-order valence-corrected chi connectivity index (χ2v) is 9.78. The number of halogens is 2. The fourth-order valence-corrected chi connectivity index (χ4v) is 4.57. The highest BCUT2D eigenvalue weighted by molar-refractivity contribution is 7.99. The van der Waals surface area contributed by atoms with E-state index in [1.165, 1.54) is 36.0 Å². The molecule has 36 heavy (non-hydrogen) atoms. The number of hydrogen-bond donors (Lipinski definition) is 1. The summed E-state index contributed by atoms with van der Waals surface area (Å²) < 4.78 is 26.7. The molecule has 3 rings (SSSR count). The van der Waals surface area contributed by atoms with Crippen LogP contribution in [0.15, 0.2) is 78.9 Å². The van der Waals surface area contributed by atoms with Gasteiger partial charge in [0, 0.05) is 24.8 Å². The third kappa shape index (κ3) is 8.48. The molecule has 0 aromatic heterocycles. The van der Waals surface area contributed by atoms with Gasteiger partial charge in [0.1, 0.15) is 17.7 Å². The molecule has 0 aliphatic carbocycles. The first-order chi connectivity index (χ1) is 17.4. The Morgan fingerprint density at radius 2 is 1.44 bits per heavy atom. The maximum Gasteiger partial charge on any atom is 0.243 e. The second-order valence-electron chi connectivity index (χ2n) is 8.79. The van der Waals surface area contributed by atoms with Gasteiger partial charge in [0.05, 0.1) is 5.75 Å². The van der Waals surface area contributed by atoms with Crippen molar-refractivity contribution in [3.8, 4) is 0 Å². The first kappa shape index (κ1) is 27.4. The van der Waals surface area contributed by atoms with Crippen LogP contribution >= 0.6 is 11.8 Å². The van der Waals surface area contributed by atoms with E-state index in [0.29, 0.717) is 12.2 Å². The third-order valence-corrected chi connectivity index (χ3v) is 6.93. The molecule has 0 aliphatic rings. The van der Waals surface area contributed by atoms with Crippen LogP contribution in [0, 0.1) is 11.6 Å².